The first kappa shape index (κ1) is 65.0. The van der Waals surface area contributed by atoms with Crippen LogP contribution in [0.1, 0.15) is 227 Å². The van der Waals surface area contributed by atoms with Gasteiger partial charge in [0, 0.05) is 19.3 Å². The molecular weight excluding hydrogens is 922 g/mol. The number of epoxide rings is 1. The van der Waals surface area contributed by atoms with Crippen molar-refractivity contribution in [1.82, 2.24) is 0 Å². The maximum absolute atomic E-state index is 12.9. The van der Waals surface area contributed by atoms with E-state index in [1.165, 1.54) is 103 Å². The summed E-state index contributed by atoms with van der Waals surface area (Å²) in [6, 6.07) is 0. The first-order valence-corrected chi connectivity index (χ1v) is 29.5. The highest BCUT2D eigenvalue weighted by Crippen LogP contribution is 2.45. The van der Waals surface area contributed by atoms with Crippen molar-refractivity contribution in [1.29, 1.82) is 0 Å². The van der Waals surface area contributed by atoms with E-state index < -0.39 is 84.4 Å². The van der Waals surface area contributed by atoms with Gasteiger partial charge in [-0.15, -0.1) is 0 Å². The highest BCUT2D eigenvalue weighted by Gasteiger charge is 2.46. The Hall–Kier alpha value is -1.04. The van der Waals surface area contributed by atoms with Crippen molar-refractivity contribution in [3.8, 4) is 0 Å². The number of unbranched alkanes of at least 4 members (excludes halogenated alkanes) is 25. The molecule has 3 unspecified atom stereocenters. The fraction of sp³-hybridized carbons (Fsp3) is 0.959. The smallest absolute Gasteiger partial charge is 0.457 e. The molecule has 1 fully saturated rings. The molecule has 4 N–H and O–H groups in total. The Morgan fingerprint density at radius 1 is 0.500 bits per heavy atom. The van der Waals surface area contributed by atoms with Crippen molar-refractivity contribution in [2.45, 2.75) is 257 Å². The van der Waals surface area contributed by atoms with E-state index in [9.17, 15) is 38.7 Å². The quantitative estimate of drug-likeness (QED) is 0.0146. The highest BCUT2D eigenvalue weighted by molar-refractivity contribution is 7.47. The van der Waals surface area contributed by atoms with E-state index in [-0.39, 0.29) is 26.1 Å². The van der Waals surface area contributed by atoms with Crippen molar-refractivity contribution >= 4 is 27.6 Å². The third kappa shape index (κ3) is 39.6. The van der Waals surface area contributed by atoms with Crippen molar-refractivity contribution in [2.75, 3.05) is 46.2 Å². The molecule has 0 radical (unpaired) electrons. The van der Waals surface area contributed by atoms with Crippen LogP contribution in [0.3, 0.4) is 0 Å². The minimum absolute atomic E-state index is 0.128. The highest BCUT2D eigenvalue weighted by atomic mass is 31.2. The van der Waals surface area contributed by atoms with E-state index in [2.05, 4.69) is 20.8 Å². The molecule has 0 saturated carbocycles. The first-order valence-electron chi connectivity index (χ1n) is 26.5. The predicted octanol–water partition coefficient (Wildman–Crippen LogP) is 11.7. The Morgan fingerprint density at radius 3 is 1.18 bits per heavy atom. The van der Waals surface area contributed by atoms with Crippen LogP contribution in [0.2, 0.25) is 0 Å². The Bertz CT molecular complexity index is 1320. The summed E-state index contributed by atoms with van der Waals surface area (Å²) in [5, 5.41) is 19.9. The van der Waals surface area contributed by atoms with Gasteiger partial charge in [-0.2, -0.15) is 0 Å². The van der Waals surface area contributed by atoms with Gasteiger partial charge in [-0.1, -0.05) is 181 Å². The third-order valence-corrected chi connectivity index (χ3v) is 13.6. The molecule has 0 aromatic heterocycles. The standard InChI is InChI=1S/C49H96O17P2/c1-5-8-11-14-17-19-21-22-23-25-28-31-34-48(53)66-46(39-59-49(42-60-49)35-32-29-26-24-20-18-15-12-9-6-2)41-64-68(56,57)62-37-44(51)36-61-67(54,55)63-40-45(38-58-43(4)50)65-47(52)33-30-27-16-13-10-7-3/h43-46,50-51H,5-42H2,1-4H3,(H,54,55)(H,56,57)/t43?,44-,45-,46-,49+/m1/s1. The van der Waals surface area contributed by atoms with Gasteiger partial charge in [-0.25, -0.2) is 9.13 Å². The largest absolute Gasteiger partial charge is 0.472 e. The monoisotopic (exact) mass is 1020 g/mol. The van der Waals surface area contributed by atoms with Gasteiger partial charge in [-0.3, -0.25) is 27.7 Å². The summed E-state index contributed by atoms with van der Waals surface area (Å²) in [7, 11) is -9.71. The van der Waals surface area contributed by atoms with Crippen LogP contribution in [0.5, 0.6) is 0 Å². The van der Waals surface area contributed by atoms with Crippen LogP contribution >= 0.6 is 15.6 Å². The molecule has 404 valence electrons. The van der Waals surface area contributed by atoms with Gasteiger partial charge in [0.05, 0.1) is 39.6 Å². The van der Waals surface area contributed by atoms with Crippen molar-refractivity contribution in [3.63, 3.8) is 0 Å². The fourth-order valence-electron chi connectivity index (χ4n) is 7.47. The van der Waals surface area contributed by atoms with Crippen molar-refractivity contribution in [2.24, 2.45) is 0 Å². The number of hydrogen-bond acceptors (Lipinski definition) is 15. The maximum Gasteiger partial charge on any atom is 0.472 e. The number of rotatable bonds is 51. The van der Waals surface area contributed by atoms with E-state index >= 15 is 0 Å². The van der Waals surface area contributed by atoms with Crippen LogP contribution < -0.4 is 0 Å². The minimum Gasteiger partial charge on any atom is -0.457 e. The first-order chi connectivity index (χ1) is 32.6. The third-order valence-electron chi connectivity index (χ3n) is 11.7. The molecule has 0 aromatic carbocycles. The van der Waals surface area contributed by atoms with E-state index in [4.69, 9.17) is 41.8 Å². The number of aliphatic hydroxyl groups is 2. The summed E-state index contributed by atoms with van der Waals surface area (Å²) >= 11 is 0. The number of hydrogen-bond donors (Lipinski definition) is 4. The normalized spacial score (nSPS) is 18.4. The molecule has 0 amide bonds. The van der Waals surface area contributed by atoms with Crippen LogP contribution in [-0.4, -0.2) is 109 Å². The molecule has 68 heavy (non-hydrogen) atoms. The van der Waals surface area contributed by atoms with Crippen LogP contribution in [0.25, 0.3) is 0 Å². The molecule has 19 heteroatoms. The molecule has 17 nitrogen and oxygen atoms in total. The number of esters is 2. The second-order valence-electron chi connectivity index (χ2n) is 18.5. The molecule has 1 heterocycles. The number of ether oxygens (including phenoxy) is 5. The average Bonchev–Trinajstić information content (AvgIpc) is 4.08. The molecule has 1 saturated heterocycles. The SMILES string of the molecule is CCCCCCCCCCCCCCC(=O)O[C@H](CO[C@]1(CCCCCCCCCCCC)CO1)COP(=O)(O)OC[C@H](O)COP(=O)(O)OC[C@@H](COC(C)O)OC(=O)CCCCCCCC. The zero-order chi connectivity index (χ0) is 50.2. The van der Waals surface area contributed by atoms with Gasteiger partial charge in [0.1, 0.15) is 24.9 Å². The minimum atomic E-state index is -4.86. The molecular formula is C49H96O17P2. The van der Waals surface area contributed by atoms with E-state index in [1.54, 1.807) is 0 Å². The van der Waals surface area contributed by atoms with Crippen LogP contribution in [0, 0.1) is 0 Å². The molecule has 0 spiro atoms. The van der Waals surface area contributed by atoms with Gasteiger partial charge >= 0.3 is 27.6 Å². The number of phosphoric ester groups is 2. The maximum atomic E-state index is 12.9. The number of aliphatic hydroxyl groups excluding tert-OH is 2. The fourth-order valence-corrected chi connectivity index (χ4v) is 9.05. The average molecular weight is 1020 g/mol. The lowest BCUT2D eigenvalue weighted by molar-refractivity contribution is -0.163. The Kier molecular flexibility index (Phi) is 39.6. The van der Waals surface area contributed by atoms with Gasteiger partial charge in [0.2, 0.25) is 0 Å². The zero-order valence-corrected chi connectivity index (χ0v) is 44.5. The summed E-state index contributed by atoms with van der Waals surface area (Å²) in [5.74, 6) is -1.85. The van der Waals surface area contributed by atoms with Crippen LogP contribution in [-0.2, 0) is 60.5 Å². The van der Waals surface area contributed by atoms with Gasteiger partial charge < -0.3 is 43.7 Å². The molecule has 1 aliphatic rings. The summed E-state index contributed by atoms with van der Waals surface area (Å²) in [5.41, 5.74) is 0. The summed E-state index contributed by atoms with van der Waals surface area (Å²) in [6.07, 6.45) is 27.4. The molecule has 1 aliphatic heterocycles. The topological polar surface area (TPSA) is 236 Å². The van der Waals surface area contributed by atoms with Gasteiger partial charge in [-0.05, 0) is 26.2 Å². The van der Waals surface area contributed by atoms with Crippen molar-refractivity contribution in [3.05, 3.63) is 0 Å². The van der Waals surface area contributed by atoms with Crippen molar-refractivity contribution < 1.29 is 80.5 Å². The molecule has 1 rings (SSSR count). The number of carbonyl (C=O) groups is 2. The molecule has 0 bridgehead atoms. The second kappa shape index (κ2) is 41.4. The summed E-state index contributed by atoms with van der Waals surface area (Å²) in [6.45, 7) is 4.94. The lowest BCUT2D eigenvalue weighted by Gasteiger charge is -2.22. The second-order valence-corrected chi connectivity index (χ2v) is 21.4. The molecule has 7 atom stereocenters. The number of phosphoric acid groups is 2. The lowest BCUT2D eigenvalue weighted by atomic mass is 10.0. The molecule has 0 aromatic rings. The van der Waals surface area contributed by atoms with Gasteiger partial charge in [0.15, 0.2) is 12.1 Å². The lowest BCUT2D eigenvalue weighted by Crippen LogP contribution is -2.32. The summed E-state index contributed by atoms with van der Waals surface area (Å²) < 4.78 is 73.3. The predicted molar refractivity (Wildman–Crippen MR) is 262 cm³/mol. The number of carbonyl (C=O) groups excluding carboxylic acids is 2. The Morgan fingerprint density at radius 2 is 0.824 bits per heavy atom. The van der Waals surface area contributed by atoms with Gasteiger partial charge in [0.25, 0.3) is 0 Å². The van der Waals surface area contributed by atoms with Crippen LogP contribution in [0.4, 0.5) is 0 Å². The Labute approximate surface area is 410 Å². The van der Waals surface area contributed by atoms with E-state index in [0.29, 0.717) is 25.9 Å². The van der Waals surface area contributed by atoms with E-state index in [1.807, 2.05) is 0 Å². The Balaban J connectivity index is 2.62. The zero-order valence-electron chi connectivity index (χ0n) is 42.7. The van der Waals surface area contributed by atoms with Crippen LogP contribution in [0.15, 0.2) is 0 Å². The summed E-state index contributed by atoms with van der Waals surface area (Å²) in [4.78, 5) is 46.0. The molecule has 0 aliphatic carbocycles. The van der Waals surface area contributed by atoms with E-state index in [0.717, 1.165) is 70.6 Å².